The number of aliphatic hydroxyl groups excluding tert-OH is 1. The molecule has 0 spiro atoms. The fourth-order valence-corrected chi connectivity index (χ4v) is 1.56. The lowest BCUT2D eigenvalue weighted by Crippen LogP contribution is -1.99. The van der Waals surface area contributed by atoms with Gasteiger partial charge in [-0.3, -0.25) is 4.79 Å². The molecule has 1 aromatic rings. The third kappa shape index (κ3) is 2.40. The Labute approximate surface area is 105 Å². The molecule has 3 nitrogen and oxygen atoms in total. The fraction of sp³-hybridized carbons (Fsp3) is 0. The summed E-state index contributed by atoms with van der Waals surface area (Å²) < 4.78 is 5.29. The van der Waals surface area contributed by atoms with E-state index in [1.54, 1.807) is 48.6 Å². The molecule has 0 aliphatic heterocycles. The zero-order valence-electron chi connectivity index (χ0n) is 9.67. The zero-order chi connectivity index (χ0) is 13.0. The Morgan fingerprint density at radius 3 is 2.61 bits per heavy atom. The first-order valence-electron chi connectivity index (χ1n) is 5.42. The van der Waals surface area contributed by atoms with Crippen molar-refractivity contribution in [3.63, 3.8) is 0 Å². The fourth-order valence-electron chi connectivity index (χ4n) is 1.56. The number of aldehydes is 1. The molecule has 1 aliphatic rings. The SMILES string of the molecule is C=Cc1ccc(OC(O)=C2C=CC=C2)c(C=O)c1. The van der Waals surface area contributed by atoms with Gasteiger partial charge >= 0.3 is 0 Å². The third-order valence-electron chi connectivity index (χ3n) is 2.51. The molecule has 0 aromatic heterocycles. The van der Waals surface area contributed by atoms with Crippen molar-refractivity contribution in [1.29, 1.82) is 0 Å². The molecule has 0 heterocycles. The van der Waals surface area contributed by atoms with E-state index in [2.05, 4.69) is 6.58 Å². The minimum Gasteiger partial charge on any atom is -0.480 e. The Morgan fingerprint density at radius 1 is 1.28 bits per heavy atom. The van der Waals surface area contributed by atoms with Gasteiger partial charge in [0.2, 0.25) is 0 Å². The minimum absolute atomic E-state index is 0.227. The van der Waals surface area contributed by atoms with Crippen molar-refractivity contribution in [1.82, 2.24) is 0 Å². The van der Waals surface area contributed by atoms with Crippen molar-refractivity contribution in [3.8, 4) is 5.75 Å². The van der Waals surface area contributed by atoms with Gasteiger partial charge in [-0.1, -0.05) is 30.9 Å². The second-order valence-electron chi connectivity index (χ2n) is 3.70. The van der Waals surface area contributed by atoms with Crippen LogP contribution in [-0.4, -0.2) is 11.4 Å². The van der Waals surface area contributed by atoms with Crippen LogP contribution in [0.15, 0.2) is 60.6 Å². The molecule has 0 saturated carbocycles. The first kappa shape index (κ1) is 11.9. The first-order valence-corrected chi connectivity index (χ1v) is 5.42. The van der Waals surface area contributed by atoms with Crippen LogP contribution in [0.5, 0.6) is 5.75 Å². The number of ether oxygens (including phenoxy) is 1. The largest absolute Gasteiger partial charge is 0.480 e. The second kappa shape index (κ2) is 5.19. The number of carbonyl (C=O) groups is 1. The Balaban J connectivity index is 2.32. The maximum absolute atomic E-state index is 11.0. The van der Waals surface area contributed by atoms with Crippen LogP contribution < -0.4 is 4.74 Å². The molecule has 3 heteroatoms. The topological polar surface area (TPSA) is 46.5 Å². The van der Waals surface area contributed by atoms with Crippen LogP contribution in [0.1, 0.15) is 15.9 Å². The van der Waals surface area contributed by atoms with Crippen LogP contribution in [0.25, 0.3) is 6.08 Å². The Kier molecular flexibility index (Phi) is 3.44. The summed E-state index contributed by atoms with van der Waals surface area (Å²) in [7, 11) is 0. The highest BCUT2D eigenvalue weighted by Gasteiger charge is 2.09. The van der Waals surface area contributed by atoms with Gasteiger partial charge in [0.1, 0.15) is 5.75 Å². The highest BCUT2D eigenvalue weighted by Crippen LogP contribution is 2.23. The summed E-state index contributed by atoms with van der Waals surface area (Å²) in [4.78, 5) is 11.0. The molecule has 0 fully saturated rings. The molecule has 1 N–H and O–H groups in total. The Hall–Kier alpha value is -2.55. The summed E-state index contributed by atoms with van der Waals surface area (Å²) >= 11 is 0. The van der Waals surface area contributed by atoms with Gasteiger partial charge in [0, 0.05) is 0 Å². The molecule has 90 valence electrons. The van der Waals surface area contributed by atoms with Crippen molar-refractivity contribution < 1.29 is 14.6 Å². The third-order valence-corrected chi connectivity index (χ3v) is 2.51. The van der Waals surface area contributed by atoms with E-state index < -0.39 is 0 Å². The number of hydrogen-bond acceptors (Lipinski definition) is 3. The van der Waals surface area contributed by atoms with Crippen molar-refractivity contribution in [2.45, 2.75) is 0 Å². The van der Waals surface area contributed by atoms with Crippen LogP contribution in [0, 0.1) is 0 Å². The predicted octanol–water partition coefficient (Wildman–Crippen LogP) is 3.42. The molecule has 2 rings (SSSR count). The van der Waals surface area contributed by atoms with E-state index in [4.69, 9.17) is 4.74 Å². The summed E-state index contributed by atoms with van der Waals surface area (Å²) in [5.74, 6) is 0.0868. The molecule has 1 aliphatic carbocycles. The minimum atomic E-state index is -0.227. The highest BCUT2D eigenvalue weighted by atomic mass is 16.6. The van der Waals surface area contributed by atoms with E-state index in [1.807, 2.05) is 0 Å². The van der Waals surface area contributed by atoms with Crippen LogP contribution in [0.2, 0.25) is 0 Å². The van der Waals surface area contributed by atoms with Crippen molar-refractivity contribution >= 4 is 12.4 Å². The summed E-state index contributed by atoms with van der Waals surface area (Å²) in [5.41, 5.74) is 1.75. The van der Waals surface area contributed by atoms with E-state index >= 15 is 0 Å². The van der Waals surface area contributed by atoms with Gasteiger partial charge in [-0.05, 0) is 29.8 Å². The van der Waals surface area contributed by atoms with Crippen LogP contribution >= 0.6 is 0 Å². The van der Waals surface area contributed by atoms with Crippen LogP contribution in [0.3, 0.4) is 0 Å². The average Bonchev–Trinajstić information content (AvgIpc) is 2.93. The standard InChI is InChI=1S/C15H12O3/c1-2-11-7-8-14(13(9-11)10-16)18-15(17)12-5-3-4-6-12/h2-10,17H,1H2. The van der Waals surface area contributed by atoms with Gasteiger partial charge in [0.25, 0.3) is 5.95 Å². The second-order valence-corrected chi connectivity index (χ2v) is 3.70. The molecular formula is C15H12O3. The van der Waals surface area contributed by atoms with E-state index in [0.29, 0.717) is 23.2 Å². The normalized spacial score (nSPS) is 12.6. The van der Waals surface area contributed by atoms with Gasteiger partial charge in [-0.15, -0.1) is 0 Å². The van der Waals surface area contributed by atoms with Crippen molar-refractivity contribution in [3.05, 3.63) is 71.7 Å². The smallest absolute Gasteiger partial charge is 0.289 e. The lowest BCUT2D eigenvalue weighted by molar-refractivity contribution is 0.111. The number of aliphatic hydroxyl groups is 1. The van der Waals surface area contributed by atoms with E-state index in [-0.39, 0.29) is 5.95 Å². The van der Waals surface area contributed by atoms with Gasteiger partial charge in [-0.2, -0.15) is 0 Å². The summed E-state index contributed by atoms with van der Waals surface area (Å²) in [6.45, 7) is 3.63. The van der Waals surface area contributed by atoms with E-state index in [0.717, 1.165) is 5.56 Å². The highest BCUT2D eigenvalue weighted by molar-refractivity contribution is 5.80. The predicted molar refractivity (Wildman–Crippen MR) is 70.5 cm³/mol. The number of benzene rings is 1. The molecule has 1 aromatic carbocycles. The number of carbonyl (C=O) groups excluding carboxylic acids is 1. The summed E-state index contributed by atoms with van der Waals surface area (Å²) in [6, 6.07) is 5.03. The average molecular weight is 240 g/mol. The molecule has 18 heavy (non-hydrogen) atoms. The summed E-state index contributed by atoms with van der Waals surface area (Å²) in [5, 5.41) is 9.77. The first-order chi connectivity index (χ1) is 8.74. The molecule has 0 saturated heterocycles. The van der Waals surface area contributed by atoms with E-state index in [1.165, 1.54) is 0 Å². The zero-order valence-corrected chi connectivity index (χ0v) is 9.67. The van der Waals surface area contributed by atoms with Gasteiger partial charge in [0.05, 0.1) is 11.1 Å². The van der Waals surface area contributed by atoms with Crippen LogP contribution in [0.4, 0.5) is 0 Å². The lowest BCUT2D eigenvalue weighted by atomic mass is 10.1. The molecule has 0 amide bonds. The number of allylic oxidation sites excluding steroid dienone is 5. The van der Waals surface area contributed by atoms with E-state index in [9.17, 15) is 9.90 Å². The maximum Gasteiger partial charge on any atom is 0.289 e. The Morgan fingerprint density at radius 2 is 2.00 bits per heavy atom. The van der Waals surface area contributed by atoms with Gasteiger partial charge < -0.3 is 9.84 Å². The molecule has 0 unspecified atom stereocenters. The molecule has 0 radical (unpaired) electrons. The molecular weight excluding hydrogens is 228 g/mol. The molecule has 0 bridgehead atoms. The van der Waals surface area contributed by atoms with Crippen molar-refractivity contribution in [2.75, 3.05) is 0 Å². The maximum atomic E-state index is 11.0. The molecule has 0 atom stereocenters. The summed E-state index contributed by atoms with van der Waals surface area (Å²) in [6.07, 6.45) is 9.33. The number of rotatable bonds is 4. The Bertz CT molecular complexity index is 563. The number of hydrogen-bond donors (Lipinski definition) is 1. The van der Waals surface area contributed by atoms with Crippen molar-refractivity contribution in [2.24, 2.45) is 0 Å². The van der Waals surface area contributed by atoms with Crippen LogP contribution in [-0.2, 0) is 0 Å². The quantitative estimate of drug-likeness (QED) is 0.648. The van der Waals surface area contributed by atoms with Gasteiger partial charge in [0.15, 0.2) is 6.29 Å². The van der Waals surface area contributed by atoms with Gasteiger partial charge in [-0.25, -0.2) is 0 Å². The lowest BCUT2D eigenvalue weighted by Gasteiger charge is -2.08. The monoisotopic (exact) mass is 240 g/mol.